The molecule has 3 aromatic rings. The van der Waals surface area contributed by atoms with Crippen LogP contribution < -0.4 is 21.1 Å². The molecule has 4 N–H and O–H groups in total. The van der Waals surface area contributed by atoms with Crippen LogP contribution in [0.25, 0.3) is 22.3 Å². The maximum Gasteiger partial charge on any atom is 0.412 e. The molecule has 1 aromatic heterocycles. The number of fused-ring (bicyclic) bond motifs is 1. The molecule has 2 heterocycles. The van der Waals surface area contributed by atoms with Gasteiger partial charge >= 0.3 is 18.1 Å². The van der Waals surface area contributed by atoms with Gasteiger partial charge in [-0.15, -0.1) is 0 Å². The smallest absolute Gasteiger partial charge is 0.412 e. The number of nitrogens with one attached hydrogen (secondary N) is 2. The number of halogens is 1. The van der Waals surface area contributed by atoms with Gasteiger partial charge in [-0.2, -0.15) is 0 Å². The number of methoxy groups -OCH3 is 1. The summed E-state index contributed by atoms with van der Waals surface area (Å²) in [5.74, 6) is -2.08. The number of amides is 4. The van der Waals surface area contributed by atoms with E-state index in [0.29, 0.717) is 5.56 Å². The molecular weight excluding hydrogens is 425 g/mol. The third kappa shape index (κ3) is 3.29. The highest BCUT2D eigenvalue weighted by Crippen LogP contribution is 2.41. The highest BCUT2D eigenvalue weighted by Gasteiger charge is 2.46. The lowest BCUT2D eigenvalue weighted by atomic mass is 9.90. The highest BCUT2D eigenvalue weighted by atomic mass is 19.1. The van der Waals surface area contributed by atoms with E-state index >= 15 is 0 Å². The lowest BCUT2D eigenvalue weighted by Gasteiger charge is -2.23. The number of hydrogen-bond acceptors (Lipinski definition) is 7. The van der Waals surface area contributed by atoms with E-state index in [-0.39, 0.29) is 33.6 Å². The Kier molecular flexibility index (Phi) is 4.80. The number of rotatable bonds is 4. The SMILES string of the molecule is COc1cc2c(C(=O)OC(N)=O)c(-c3ccc(F)cc3)oc2cc1C1(C)NC(=O)NC1=O. The van der Waals surface area contributed by atoms with E-state index < -0.39 is 35.4 Å². The summed E-state index contributed by atoms with van der Waals surface area (Å²) in [5, 5.41) is 4.87. The zero-order valence-corrected chi connectivity index (χ0v) is 16.8. The Morgan fingerprint density at radius 2 is 1.84 bits per heavy atom. The lowest BCUT2D eigenvalue weighted by Crippen LogP contribution is -2.40. The van der Waals surface area contributed by atoms with Gasteiger partial charge in [-0.25, -0.2) is 18.8 Å². The van der Waals surface area contributed by atoms with Gasteiger partial charge in [0, 0.05) is 16.5 Å². The van der Waals surface area contributed by atoms with E-state index in [4.69, 9.17) is 14.9 Å². The second-order valence-electron chi connectivity index (χ2n) is 7.10. The van der Waals surface area contributed by atoms with Gasteiger partial charge < -0.3 is 24.9 Å². The van der Waals surface area contributed by atoms with Crippen molar-refractivity contribution in [2.75, 3.05) is 7.11 Å². The number of esters is 1. The number of ether oxygens (including phenoxy) is 2. The zero-order chi connectivity index (χ0) is 23.2. The monoisotopic (exact) mass is 441 g/mol. The molecule has 0 aliphatic carbocycles. The first kappa shape index (κ1) is 20.8. The van der Waals surface area contributed by atoms with Crippen LogP contribution in [0.3, 0.4) is 0 Å². The van der Waals surface area contributed by atoms with Crippen LogP contribution in [0, 0.1) is 5.82 Å². The molecule has 1 unspecified atom stereocenters. The number of hydrogen-bond donors (Lipinski definition) is 3. The molecule has 4 amide bonds. The number of furan rings is 1. The van der Waals surface area contributed by atoms with Crippen molar-refractivity contribution >= 4 is 35.0 Å². The molecule has 0 radical (unpaired) electrons. The normalized spacial score (nSPS) is 17.7. The maximum absolute atomic E-state index is 13.4. The summed E-state index contributed by atoms with van der Waals surface area (Å²) in [6.45, 7) is 1.48. The minimum absolute atomic E-state index is 0.0180. The summed E-state index contributed by atoms with van der Waals surface area (Å²) < 4.78 is 29.2. The predicted octanol–water partition coefficient (Wildman–Crippen LogP) is 2.54. The average molecular weight is 441 g/mol. The number of benzene rings is 2. The molecule has 32 heavy (non-hydrogen) atoms. The quantitative estimate of drug-likeness (QED) is 0.320. The van der Waals surface area contributed by atoms with Crippen molar-refractivity contribution in [2.45, 2.75) is 12.5 Å². The summed E-state index contributed by atoms with van der Waals surface area (Å²) >= 11 is 0. The molecule has 1 aliphatic heterocycles. The number of primary amides is 1. The Bertz CT molecular complexity index is 1300. The van der Waals surface area contributed by atoms with Crippen LogP contribution in [0.4, 0.5) is 14.0 Å². The third-order valence-corrected chi connectivity index (χ3v) is 5.10. The van der Waals surface area contributed by atoms with Crippen molar-refractivity contribution in [1.29, 1.82) is 0 Å². The molecule has 0 spiro atoms. The molecule has 4 rings (SSSR count). The van der Waals surface area contributed by atoms with Crippen LogP contribution in [-0.4, -0.2) is 31.1 Å². The molecule has 164 valence electrons. The van der Waals surface area contributed by atoms with Gasteiger partial charge in [0.05, 0.1) is 7.11 Å². The van der Waals surface area contributed by atoms with Gasteiger partial charge in [0.15, 0.2) is 0 Å². The summed E-state index contributed by atoms with van der Waals surface area (Å²) in [4.78, 5) is 48.0. The zero-order valence-electron chi connectivity index (χ0n) is 16.8. The van der Waals surface area contributed by atoms with E-state index in [1.165, 1.54) is 38.3 Å². The van der Waals surface area contributed by atoms with Crippen molar-refractivity contribution in [1.82, 2.24) is 10.6 Å². The molecule has 1 atom stereocenters. The molecule has 1 saturated heterocycles. The van der Waals surface area contributed by atoms with Crippen LogP contribution in [0.5, 0.6) is 5.75 Å². The van der Waals surface area contributed by atoms with E-state index in [0.717, 1.165) is 12.1 Å². The predicted molar refractivity (Wildman–Crippen MR) is 107 cm³/mol. The molecule has 11 heteroatoms. The second kappa shape index (κ2) is 7.38. The summed E-state index contributed by atoms with van der Waals surface area (Å²) in [5.41, 5.74) is 4.05. The Balaban J connectivity index is 1.99. The van der Waals surface area contributed by atoms with Crippen molar-refractivity contribution in [2.24, 2.45) is 5.73 Å². The van der Waals surface area contributed by atoms with Crippen molar-refractivity contribution in [3.05, 3.63) is 53.3 Å². The van der Waals surface area contributed by atoms with Crippen LogP contribution in [0.15, 0.2) is 40.8 Å². The lowest BCUT2D eigenvalue weighted by molar-refractivity contribution is -0.123. The van der Waals surface area contributed by atoms with Crippen molar-refractivity contribution < 1.29 is 37.5 Å². The fourth-order valence-electron chi connectivity index (χ4n) is 3.57. The average Bonchev–Trinajstić information content (AvgIpc) is 3.23. The summed E-state index contributed by atoms with van der Waals surface area (Å²) in [6.07, 6.45) is -1.32. The van der Waals surface area contributed by atoms with Gasteiger partial charge in [-0.3, -0.25) is 10.1 Å². The number of imide groups is 1. The largest absolute Gasteiger partial charge is 0.496 e. The van der Waals surface area contributed by atoms with Crippen molar-refractivity contribution in [3.8, 4) is 17.1 Å². The van der Waals surface area contributed by atoms with E-state index in [9.17, 15) is 23.6 Å². The van der Waals surface area contributed by atoms with Gasteiger partial charge in [0.2, 0.25) is 0 Å². The van der Waals surface area contributed by atoms with Gasteiger partial charge in [-0.05, 0) is 43.3 Å². The second-order valence-corrected chi connectivity index (χ2v) is 7.10. The van der Waals surface area contributed by atoms with Crippen LogP contribution in [0.2, 0.25) is 0 Å². The minimum atomic E-state index is -1.48. The Morgan fingerprint density at radius 3 is 2.41 bits per heavy atom. The first-order chi connectivity index (χ1) is 15.1. The van der Waals surface area contributed by atoms with Gasteiger partial charge in [0.25, 0.3) is 5.91 Å². The van der Waals surface area contributed by atoms with Crippen LogP contribution in [0.1, 0.15) is 22.8 Å². The third-order valence-electron chi connectivity index (χ3n) is 5.10. The van der Waals surface area contributed by atoms with E-state index in [1.54, 1.807) is 0 Å². The topological polar surface area (TPSA) is 150 Å². The molecule has 0 saturated carbocycles. The summed E-state index contributed by atoms with van der Waals surface area (Å²) in [7, 11) is 1.34. The van der Waals surface area contributed by atoms with Crippen molar-refractivity contribution in [3.63, 3.8) is 0 Å². The molecule has 2 aromatic carbocycles. The molecule has 1 aliphatic rings. The Morgan fingerprint density at radius 1 is 1.16 bits per heavy atom. The first-order valence-electron chi connectivity index (χ1n) is 9.20. The number of carbonyl (C=O) groups is 4. The first-order valence-corrected chi connectivity index (χ1v) is 9.20. The minimum Gasteiger partial charge on any atom is -0.496 e. The summed E-state index contributed by atoms with van der Waals surface area (Å²) in [6, 6.07) is 7.22. The maximum atomic E-state index is 13.4. The molecule has 0 bridgehead atoms. The van der Waals surface area contributed by atoms with E-state index in [1.807, 2.05) is 0 Å². The molecule has 10 nitrogen and oxygen atoms in total. The highest BCUT2D eigenvalue weighted by molar-refractivity contribution is 6.12. The number of nitrogens with two attached hydrogens (primary N) is 1. The Labute approximate surface area is 179 Å². The van der Waals surface area contributed by atoms with Crippen LogP contribution in [-0.2, 0) is 15.1 Å². The van der Waals surface area contributed by atoms with Gasteiger partial charge in [-0.1, -0.05) is 0 Å². The Hall–Kier alpha value is -4.41. The number of urea groups is 1. The fourth-order valence-corrected chi connectivity index (χ4v) is 3.57. The number of carbonyl (C=O) groups excluding carboxylic acids is 4. The standard InChI is InChI=1S/C21H16FN3O7/c1-21(18(27)24-20(29)25-21)12-8-13-11(7-14(12)30-2)15(17(26)32-19(23)28)16(31-13)9-3-5-10(22)6-4-9/h3-8H,1-2H3,(H2,23,28)(H2,24,25,27,29). The van der Waals surface area contributed by atoms with Crippen LogP contribution >= 0.6 is 0 Å². The van der Waals surface area contributed by atoms with Gasteiger partial charge in [0.1, 0.15) is 34.0 Å². The fraction of sp³-hybridized carbons (Fsp3) is 0.143. The van der Waals surface area contributed by atoms with E-state index in [2.05, 4.69) is 15.4 Å². The molecular formula is C21H16FN3O7. The molecule has 1 fully saturated rings.